The third-order valence-electron chi connectivity index (χ3n) is 2.59. The third-order valence-corrected chi connectivity index (χ3v) is 2.59. The molecule has 3 amide bonds. The van der Waals surface area contributed by atoms with Gasteiger partial charge in [0.25, 0.3) is 0 Å². The van der Waals surface area contributed by atoms with Gasteiger partial charge in [-0.25, -0.2) is 14.6 Å². The maximum atomic E-state index is 11.6. The van der Waals surface area contributed by atoms with Crippen molar-refractivity contribution in [3.63, 3.8) is 0 Å². The lowest BCUT2D eigenvalue weighted by Gasteiger charge is -2.14. The zero-order valence-corrected chi connectivity index (χ0v) is 11.8. The van der Waals surface area contributed by atoms with Crippen LogP contribution in [-0.2, 0) is 11.3 Å². The van der Waals surface area contributed by atoms with Gasteiger partial charge < -0.3 is 21.1 Å². The summed E-state index contributed by atoms with van der Waals surface area (Å²) in [6.45, 7) is 4.04. The molecule has 1 unspecified atom stereocenters. The van der Waals surface area contributed by atoms with E-state index < -0.39 is 18.0 Å². The summed E-state index contributed by atoms with van der Waals surface area (Å²) in [5.74, 6) is -1.37. The van der Waals surface area contributed by atoms with Crippen molar-refractivity contribution in [2.75, 3.05) is 6.54 Å². The van der Waals surface area contributed by atoms with Gasteiger partial charge in [0, 0.05) is 19.3 Å². The minimum Gasteiger partial charge on any atom is -0.477 e. The van der Waals surface area contributed by atoms with Crippen LogP contribution in [0.15, 0.2) is 18.3 Å². The monoisotopic (exact) mass is 294 g/mol. The first-order valence-corrected chi connectivity index (χ1v) is 6.44. The molecule has 0 saturated carbocycles. The molecule has 1 heterocycles. The zero-order chi connectivity index (χ0) is 15.8. The molecular weight excluding hydrogens is 276 g/mol. The van der Waals surface area contributed by atoms with Crippen LogP contribution < -0.4 is 16.0 Å². The Morgan fingerprint density at radius 3 is 2.52 bits per heavy atom. The number of carbonyl (C=O) groups is 3. The lowest BCUT2D eigenvalue weighted by atomic mass is 10.2. The topological polar surface area (TPSA) is 120 Å². The molecule has 0 radical (unpaired) electrons. The van der Waals surface area contributed by atoms with Crippen molar-refractivity contribution in [1.29, 1.82) is 0 Å². The van der Waals surface area contributed by atoms with Crippen molar-refractivity contribution in [2.24, 2.45) is 0 Å². The maximum absolute atomic E-state index is 11.6. The van der Waals surface area contributed by atoms with Gasteiger partial charge in [0.1, 0.15) is 11.7 Å². The van der Waals surface area contributed by atoms with E-state index in [4.69, 9.17) is 5.11 Å². The lowest BCUT2D eigenvalue weighted by molar-refractivity contribution is -0.122. The summed E-state index contributed by atoms with van der Waals surface area (Å²) in [5, 5.41) is 16.3. The molecule has 0 aliphatic carbocycles. The Bertz CT molecular complexity index is 515. The minimum atomic E-state index is -1.11. The number of hydrogen-bond donors (Lipinski definition) is 4. The molecule has 4 N–H and O–H groups in total. The quantitative estimate of drug-likeness (QED) is 0.593. The number of likely N-dealkylation sites (N-methyl/N-ethyl adjacent to an activating group) is 1. The number of hydrogen-bond acceptors (Lipinski definition) is 4. The Kier molecular flexibility index (Phi) is 6.12. The highest BCUT2D eigenvalue weighted by Gasteiger charge is 2.14. The second kappa shape index (κ2) is 7.83. The minimum absolute atomic E-state index is 0.0620. The standard InChI is InChI=1S/C13H18N4O4/c1-3-14-11(18)8(2)17-13(21)16-7-9-4-5-10(12(19)20)15-6-9/h4-6,8H,3,7H2,1-2H3,(H,14,18)(H,19,20)(H2,16,17,21). The van der Waals surface area contributed by atoms with Crippen molar-refractivity contribution >= 4 is 17.9 Å². The van der Waals surface area contributed by atoms with E-state index in [2.05, 4.69) is 20.9 Å². The predicted octanol–water partition coefficient (Wildman–Crippen LogP) is 0.104. The van der Waals surface area contributed by atoms with Gasteiger partial charge in [-0.3, -0.25) is 4.79 Å². The van der Waals surface area contributed by atoms with Gasteiger partial charge >= 0.3 is 12.0 Å². The summed E-state index contributed by atoms with van der Waals surface area (Å²) in [7, 11) is 0. The lowest BCUT2D eigenvalue weighted by Crippen LogP contribution is -2.48. The number of rotatable bonds is 6. The summed E-state index contributed by atoms with van der Waals surface area (Å²) >= 11 is 0. The van der Waals surface area contributed by atoms with Crippen molar-refractivity contribution in [3.8, 4) is 0 Å². The van der Waals surface area contributed by atoms with Crippen molar-refractivity contribution in [3.05, 3.63) is 29.6 Å². The van der Waals surface area contributed by atoms with Gasteiger partial charge in [-0.15, -0.1) is 0 Å². The van der Waals surface area contributed by atoms with E-state index in [9.17, 15) is 14.4 Å². The van der Waals surface area contributed by atoms with Gasteiger partial charge in [0.2, 0.25) is 5.91 Å². The smallest absolute Gasteiger partial charge is 0.354 e. The number of aromatic nitrogens is 1. The first-order chi connectivity index (χ1) is 9.93. The van der Waals surface area contributed by atoms with Crippen LogP contribution >= 0.6 is 0 Å². The fourth-order valence-electron chi connectivity index (χ4n) is 1.48. The summed E-state index contributed by atoms with van der Waals surface area (Å²) in [6.07, 6.45) is 1.37. The van der Waals surface area contributed by atoms with E-state index in [-0.39, 0.29) is 18.1 Å². The maximum Gasteiger partial charge on any atom is 0.354 e. The molecule has 1 aromatic heterocycles. The number of carbonyl (C=O) groups excluding carboxylic acids is 2. The number of pyridine rings is 1. The number of amides is 3. The average Bonchev–Trinajstić information content (AvgIpc) is 2.45. The largest absolute Gasteiger partial charge is 0.477 e. The Hall–Kier alpha value is -2.64. The summed E-state index contributed by atoms with van der Waals surface area (Å²) in [4.78, 5) is 37.4. The molecule has 114 valence electrons. The first kappa shape index (κ1) is 16.4. The fraction of sp³-hybridized carbons (Fsp3) is 0.385. The molecule has 0 spiro atoms. The average molecular weight is 294 g/mol. The summed E-state index contributed by atoms with van der Waals surface area (Å²) in [5.41, 5.74) is 0.592. The van der Waals surface area contributed by atoms with Gasteiger partial charge in [-0.05, 0) is 25.5 Å². The van der Waals surface area contributed by atoms with Crippen LogP contribution in [0, 0.1) is 0 Å². The van der Waals surface area contributed by atoms with Crippen LogP contribution in [0.5, 0.6) is 0 Å². The van der Waals surface area contributed by atoms with E-state index in [1.807, 2.05) is 0 Å². The van der Waals surface area contributed by atoms with Gasteiger partial charge in [-0.1, -0.05) is 6.07 Å². The predicted molar refractivity (Wildman–Crippen MR) is 74.7 cm³/mol. The van der Waals surface area contributed by atoms with Crippen LogP contribution in [-0.4, -0.2) is 40.6 Å². The Balaban J connectivity index is 2.42. The van der Waals surface area contributed by atoms with Crippen LogP contribution in [0.1, 0.15) is 29.9 Å². The number of nitrogens with zero attached hydrogens (tertiary/aromatic N) is 1. The molecule has 21 heavy (non-hydrogen) atoms. The fourth-order valence-corrected chi connectivity index (χ4v) is 1.48. The highest BCUT2D eigenvalue weighted by Crippen LogP contribution is 2.00. The molecule has 8 heteroatoms. The summed E-state index contributed by atoms with van der Waals surface area (Å²) < 4.78 is 0. The molecule has 0 bridgehead atoms. The van der Waals surface area contributed by atoms with Gasteiger partial charge in [0.15, 0.2) is 0 Å². The summed E-state index contributed by atoms with van der Waals surface area (Å²) in [6, 6.07) is 1.78. The molecule has 0 fully saturated rings. The molecule has 1 atom stereocenters. The molecule has 0 aliphatic heterocycles. The highest BCUT2D eigenvalue weighted by atomic mass is 16.4. The third kappa shape index (κ3) is 5.47. The van der Waals surface area contributed by atoms with Gasteiger partial charge in [0.05, 0.1) is 0 Å². The van der Waals surface area contributed by atoms with Crippen LogP contribution in [0.3, 0.4) is 0 Å². The van der Waals surface area contributed by atoms with Crippen molar-refractivity contribution in [1.82, 2.24) is 20.9 Å². The normalized spacial score (nSPS) is 11.3. The van der Waals surface area contributed by atoms with E-state index in [1.54, 1.807) is 19.9 Å². The second-order valence-corrected chi connectivity index (χ2v) is 4.30. The number of aromatic carboxylic acids is 1. The second-order valence-electron chi connectivity index (χ2n) is 4.30. The molecule has 1 aromatic rings. The SMILES string of the molecule is CCNC(=O)C(C)NC(=O)NCc1ccc(C(=O)O)nc1. The highest BCUT2D eigenvalue weighted by molar-refractivity contribution is 5.86. The number of urea groups is 1. The molecule has 8 nitrogen and oxygen atoms in total. The molecule has 0 aromatic carbocycles. The number of carboxylic acids is 1. The van der Waals surface area contributed by atoms with Crippen molar-refractivity contribution in [2.45, 2.75) is 26.4 Å². The number of carboxylic acid groups (broad SMARTS) is 1. The molecular formula is C13H18N4O4. The van der Waals surface area contributed by atoms with E-state index in [1.165, 1.54) is 12.3 Å². The van der Waals surface area contributed by atoms with Crippen molar-refractivity contribution < 1.29 is 19.5 Å². The van der Waals surface area contributed by atoms with E-state index in [0.717, 1.165) is 0 Å². The van der Waals surface area contributed by atoms with E-state index in [0.29, 0.717) is 12.1 Å². The van der Waals surface area contributed by atoms with Crippen LogP contribution in [0.25, 0.3) is 0 Å². The van der Waals surface area contributed by atoms with Crippen LogP contribution in [0.2, 0.25) is 0 Å². The first-order valence-electron chi connectivity index (χ1n) is 6.44. The molecule has 0 aliphatic rings. The van der Waals surface area contributed by atoms with Gasteiger partial charge in [-0.2, -0.15) is 0 Å². The van der Waals surface area contributed by atoms with Crippen LogP contribution in [0.4, 0.5) is 4.79 Å². The van der Waals surface area contributed by atoms with E-state index >= 15 is 0 Å². The molecule has 0 saturated heterocycles. The Morgan fingerprint density at radius 1 is 1.29 bits per heavy atom. The molecule has 1 rings (SSSR count). The Labute approximate surface area is 121 Å². The zero-order valence-electron chi connectivity index (χ0n) is 11.8. The Morgan fingerprint density at radius 2 is 2.00 bits per heavy atom. The number of nitrogens with one attached hydrogen (secondary N) is 3.